The van der Waals surface area contributed by atoms with Gasteiger partial charge in [-0.25, -0.2) is 4.98 Å². The minimum absolute atomic E-state index is 0. The number of hydrogen-bond donors (Lipinski definition) is 1. The molecule has 0 spiro atoms. The fourth-order valence-corrected chi connectivity index (χ4v) is 5.63. The van der Waals surface area contributed by atoms with Crippen LogP contribution in [0.3, 0.4) is 0 Å². The molecule has 1 aliphatic rings. The Morgan fingerprint density at radius 3 is 2.23 bits per heavy atom. The van der Waals surface area contributed by atoms with Crippen LogP contribution in [0.1, 0.15) is 0 Å². The van der Waals surface area contributed by atoms with E-state index in [1.807, 2.05) is 24.3 Å². The molecule has 0 saturated heterocycles. The normalized spacial score (nSPS) is 11.6. The Labute approximate surface area is 243 Å². The predicted molar refractivity (Wildman–Crippen MR) is 152 cm³/mol. The Kier molecular flexibility index (Phi) is 6.56. The smallest absolute Gasteiger partial charge is 0.312 e. The molecule has 0 unspecified atom stereocenters. The number of pyridine rings is 2. The van der Waals surface area contributed by atoms with Gasteiger partial charge in [-0.2, -0.15) is 8.42 Å². The van der Waals surface area contributed by atoms with E-state index < -0.39 is 10.1 Å². The molecule has 1 N–H and O–H groups in total. The molecule has 6 nitrogen and oxygen atoms in total. The van der Waals surface area contributed by atoms with Gasteiger partial charge >= 0.3 is 10.1 Å². The molecule has 0 bridgehead atoms. The SMILES string of the molecule is O=S(=O)(O)c1ccccn1.[Ir].[c-]1ccc2c(oc3ccccc32)c1-c1cc2c3c(cccc3n1)-c1ccccc1-2. The Hall–Kier alpha value is -4.20. The van der Waals surface area contributed by atoms with Crippen molar-refractivity contribution >= 4 is 43.0 Å². The molecule has 7 aromatic rings. The van der Waals surface area contributed by atoms with Crippen LogP contribution in [0.5, 0.6) is 0 Å². The van der Waals surface area contributed by atoms with Crippen LogP contribution in [0, 0.1) is 6.07 Å². The van der Waals surface area contributed by atoms with Gasteiger partial charge in [0.05, 0.1) is 11.1 Å². The van der Waals surface area contributed by atoms with E-state index in [9.17, 15) is 8.42 Å². The molecular formula is C32H19IrN2O4S-. The maximum absolute atomic E-state index is 10.3. The van der Waals surface area contributed by atoms with Crippen LogP contribution in [-0.2, 0) is 30.2 Å². The topological polar surface area (TPSA) is 93.3 Å². The molecule has 1 radical (unpaired) electrons. The molecule has 0 aliphatic heterocycles. The van der Waals surface area contributed by atoms with Gasteiger partial charge in [-0.1, -0.05) is 77.7 Å². The maximum Gasteiger partial charge on any atom is 0.312 e. The summed E-state index contributed by atoms with van der Waals surface area (Å²) in [7, 11) is -4.11. The number of furan rings is 1. The summed E-state index contributed by atoms with van der Waals surface area (Å²) in [5.74, 6) is 0. The Bertz CT molecular complexity index is 2160. The first-order chi connectivity index (χ1) is 19.0. The summed E-state index contributed by atoms with van der Waals surface area (Å²) in [5.41, 5.74) is 9.58. The molecule has 3 aromatic heterocycles. The average molecular weight is 720 g/mol. The van der Waals surface area contributed by atoms with E-state index in [0.29, 0.717) is 0 Å². The fourth-order valence-electron chi connectivity index (χ4n) is 5.19. The number of fused-ring (bicyclic) bond motifs is 6. The Morgan fingerprint density at radius 2 is 1.48 bits per heavy atom. The van der Waals surface area contributed by atoms with Crippen molar-refractivity contribution in [1.82, 2.24) is 9.97 Å². The first-order valence-corrected chi connectivity index (χ1v) is 13.7. The van der Waals surface area contributed by atoms with Crippen molar-refractivity contribution in [1.29, 1.82) is 0 Å². The zero-order valence-electron chi connectivity index (χ0n) is 20.7. The second kappa shape index (κ2) is 10.1. The number of aromatic nitrogens is 2. The van der Waals surface area contributed by atoms with Crippen molar-refractivity contribution in [3.8, 4) is 33.5 Å². The molecule has 1 aliphatic carbocycles. The van der Waals surface area contributed by atoms with Crippen molar-refractivity contribution in [2.24, 2.45) is 0 Å². The summed E-state index contributed by atoms with van der Waals surface area (Å²) in [6, 6.07) is 37.0. The monoisotopic (exact) mass is 720 g/mol. The van der Waals surface area contributed by atoms with Gasteiger partial charge in [-0.05, 0) is 52.2 Å². The van der Waals surface area contributed by atoms with E-state index in [-0.39, 0.29) is 25.1 Å². The van der Waals surface area contributed by atoms with E-state index in [2.05, 4.69) is 71.7 Å². The van der Waals surface area contributed by atoms with Gasteiger partial charge < -0.3 is 4.42 Å². The fraction of sp³-hybridized carbons (Fsp3) is 0. The molecule has 0 saturated carbocycles. The third kappa shape index (κ3) is 4.31. The molecule has 8 rings (SSSR count). The van der Waals surface area contributed by atoms with E-state index in [1.165, 1.54) is 46.0 Å². The zero-order valence-corrected chi connectivity index (χ0v) is 23.9. The molecular weight excluding hydrogens is 701 g/mol. The summed E-state index contributed by atoms with van der Waals surface area (Å²) in [5, 5.41) is 3.13. The summed E-state index contributed by atoms with van der Waals surface area (Å²) in [6.45, 7) is 0. The average Bonchev–Trinajstić information content (AvgIpc) is 3.51. The molecule has 0 amide bonds. The summed E-state index contributed by atoms with van der Waals surface area (Å²) < 4.78 is 35.3. The number of nitrogens with zero attached hydrogens (tertiary/aromatic N) is 2. The van der Waals surface area contributed by atoms with Gasteiger partial charge in [0, 0.05) is 37.1 Å². The minimum Gasteiger partial charge on any atom is -0.501 e. The second-order valence-electron chi connectivity index (χ2n) is 9.14. The maximum atomic E-state index is 10.3. The van der Waals surface area contributed by atoms with Gasteiger partial charge in [0.25, 0.3) is 0 Å². The third-order valence-corrected chi connectivity index (χ3v) is 7.61. The van der Waals surface area contributed by atoms with Crippen LogP contribution >= 0.6 is 0 Å². The van der Waals surface area contributed by atoms with Gasteiger partial charge in [0.1, 0.15) is 5.58 Å². The number of benzene rings is 4. The van der Waals surface area contributed by atoms with Crippen molar-refractivity contribution < 1.29 is 37.5 Å². The summed E-state index contributed by atoms with van der Waals surface area (Å²) in [4.78, 5) is 8.43. The number of hydrogen-bond acceptors (Lipinski definition) is 5. The van der Waals surface area contributed by atoms with Gasteiger partial charge in [0.15, 0.2) is 5.03 Å². The van der Waals surface area contributed by atoms with Crippen molar-refractivity contribution in [3.63, 3.8) is 0 Å². The Morgan fingerprint density at radius 1 is 0.750 bits per heavy atom. The van der Waals surface area contributed by atoms with E-state index in [4.69, 9.17) is 14.0 Å². The van der Waals surface area contributed by atoms with Gasteiger partial charge in [0.2, 0.25) is 0 Å². The summed E-state index contributed by atoms with van der Waals surface area (Å²) >= 11 is 0. The third-order valence-electron chi connectivity index (χ3n) is 6.84. The zero-order chi connectivity index (χ0) is 26.6. The van der Waals surface area contributed by atoms with Crippen LogP contribution in [0.25, 0.3) is 66.4 Å². The minimum atomic E-state index is -4.11. The number of para-hydroxylation sites is 1. The molecule has 0 fully saturated rings. The van der Waals surface area contributed by atoms with Crippen LogP contribution < -0.4 is 0 Å². The van der Waals surface area contributed by atoms with Gasteiger partial charge in [-0.15, -0.1) is 18.2 Å². The van der Waals surface area contributed by atoms with Crippen molar-refractivity contribution in [3.05, 3.63) is 115 Å². The summed E-state index contributed by atoms with van der Waals surface area (Å²) in [6.07, 6.45) is 1.29. The van der Waals surface area contributed by atoms with E-state index in [0.717, 1.165) is 38.7 Å². The van der Waals surface area contributed by atoms with Crippen LogP contribution in [0.2, 0.25) is 0 Å². The van der Waals surface area contributed by atoms with Crippen molar-refractivity contribution in [2.45, 2.75) is 5.03 Å². The molecule has 0 atom stereocenters. The molecule has 40 heavy (non-hydrogen) atoms. The predicted octanol–water partition coefficient (Wildman–Crippen LogP) is 7.57. The van der Waals surface area contributed by atoms with E-state index >= 15 is 0 Å². The van der Waals surface area contributed by atoms with Gasteiger partial charge in [-0.3, -0.25) is 9.54 Å². The quantitative estimate of drug-likeness (QED) is 0.146. The first-order valence-electron chi connectivity index (χ1n) is 12.2. The second-order valence-corrected chi connectivity index (χ2v) is 10.5. The molecule has 3 heterocycles. The largest absolute Gasteiger partial charge is 0.501 e. The molecule has 4 aromatic carbocycles. The van der Waals surface area contributed by atoms with Crippen LogP contribution in [0.15, 0.2) is 119 Å². The Balaban J connectivity index is 0.000000226. The molecule has 8 heteroatoms. The van der Waals surface area contributed by atoms with Crippen LogP contribution in [0.4, 0.5) is 0 Å². The first kappa shape index (κ1) is 26.0. The standard InChI is InChI=1S/C27H14NO.C5H5NO3S.Ir/c1-2-8-17-16(7-1)19-10-6-13-23-26(19)22(17)15-24(28-23)21-12-5-11-20-18-9-3-4-14-25(18)29-27(20)21;7-10(8,9)5-3-1-2-4-6-5;/h1-11,13-15H;1-4H,(H,7,8,9);/q-1;;. The van der Waals surface area contributed by atoms with E-state index in [1.54, 1.807) is 6.07 Å². The molecule has 197 valence electrons. The number of rotatable bonds is 2. The van der Waals surface area contributed by atoms with Crippen LogP contribution in [-0.4, -0.2) is 22.9 Å². The van der Waals surface area contributed by atoms with Crippen molar-refractivity contribution in [2.75, 3.05) is 0 Å².